The van der Waals surface area contributed by atoms with E-state index >= 15 is 0 Å². The largest absolute Gasteiger partial charge is 0.351 e. The lowest BCUT2D eigenvalue weighted by molar-refractivity contribution is -0.127. The van der Waals surface area contributed by atoms with Crippen LogP contribution in [-0.2, 0) is 9.59 Å². The van der Waals surface area contributed by atoms with Gasteiger partial charge in [0.05, 0.1) is 11.4 Å². The smallest absolute Gasteiger partial charge is 0.261 e. The van der Waals surface area contributed by atoms with Gasteiger partial charge in [0, 0.05) is 24.1 Å². The summed E-state index contributed by atoms with van der Waals surface area (Å²) in [6, 6.07) is 13.7. The molecule has 1 aromatic carbocycles. The van der Waals surface area contributed by atoms with Crippen molar-refractivity contribution in [2.75, 3.05) is 11.4 Å². The Morgan fingerprint density at radius 1 is 1.03 bits per heavy atom. The van der Waals surface area contributed by atoms with Crippen LogP contribution in [0, 0.1) is 6.92 Å². The van der Waals surface area contributed by atoms with Crippen LogP contribution in [0.4, 0.5) is 5.69 Å². The highest BCUT2D eigenvalue weighted by Gasteiger charge is 2.34. The number of benzene rings is 1. The molecule has 0 radical (unpaired) electrons. The van der Waals surface area contributed by atoms with Crippen LogP contribution in [-0.4, -0.2) is 35.3 Å². The summed E-state index contributed by atoms with van der Waals surface area (Å²) in [6.45, 7) is 1.73. The number of hydrogen-bond acceptors (Lipinski definition) is 5. The van der Waals surface area contributed by atoms with E-state index in [1.54, 1.807) is 36.7 Å². The fraction of sp³-hybridized carbons (Fsp3) is 0.333. The molecule has 2 aromatic heterocycles. The normalized spacial score (nSPS) is 14.7. The minimum absolute atomic E-state index is 0.0917. The van der Waals surface area contributed by atoms with E-state index in [0.717, 1.165) is 31.2 Å². The highest BCUT2D eigenvalue weighted by Crippen LogP contribution is 2.29. The summed E-state index contributed by atoms with van der Waals surface area (Å²) in [5.74, 6) is -0.926. The molecule has 1 fully saturated rings. The summed E-state index contributed by atoms with van der Waals surface area (Å²) in [5, 5.41) is 7.70. The van der Waals surface area contributed by atoms with Gasteiger partial charge in [0.2, 0.25) is 11.8 Å². The van der Waals surface area contributed by atoms with Crippen LogP contribution in [0.25, 0.3) is 0 Å². The fourth-order valence-corrected chi connectivity index (χ4v) is 5.01. The second-order valence-electron chi connectivity index (χ2n) is 8.79. The first-order valence-electron chi connectivity index (χ1n) is 11.9. The van der Waals surface area contributed by atoms with Crippen LogP contribution in [0.15, 0.2) is 66.3 Å². The molecule has 2 N–H and O–H groups in total. The first kappa shape index (κ1) is 24.6. The third kappa shape index (κ3) is 6.33. The Bertz CT molecular complexity index is 1130. The molecule has 0 bridgehead atoms. The maximum Gasteiger partial charge on any atom is 0.261 e. The summed E-state index contributed by atoms with van der Waals surface area (Å²) >= 11 is 1.31. The van der Waals surface area contributed by atoms with Crippen LogP contribution in [0.1, 0.15) is 58.9 Å². The zero-order valence-corrected chi connectivity index (χ0v) is 20.6. The molecule has 35 heavy (non-hydrogen) atoms. The summed E-state index contributed by atoms with van der Waals surface area (Å²) in [4.78, 5) is 45.9. The van der Waals surface area contributed by atoms with Gasteiger partial charge in [-0.05, 0) is 61.0 Å². The average Bonchev–Trinajstić information content (AvgIpc) is 3.43. The number of pyridine rings is 1. The average molecular weight is 491 g/mol. The van der Waals surface area contributed by atoms with Crippen molar-refractivity contribution in [3.05, 3.63) is 82.3 Å². The molecule has 0 unspecified atom stereocenters. The number of aryl methyl sites for hydroxylation is 1. The number of hydrogen-bond donors (Lipinski definition) is 2. The van der Waals surface area contributed by atoms with Crippen molar-refractivity contribution >= 4 is 34.7 Å². The molecule has 4 rings (SSSR count). The van der Waals surface area contributed by atoms with Gasteiger partial charge in [0.1, 0.15) is 6.04 Å². The van der Waals surface area contributed by atoms with Gasteiger partial charge in [0.15, 0.2) is 0 Å². The Labute approximate surface area is 209 Å². The Morgan fingerprint density at radius 2 is 1.74 bits per heavy atom. The number of anilines is 1. The first-order valence-corrected chi connectivity index (χ1v) is 12.8. The standard InChI is InChI=1S/C27H30N4O3S/c1-19-9-11-22(12-10-19)31(24(32)18-29-26(33)23-8-5-17-35-23)25(20-13-15-28-16-14-20)27(34)30-21-6-3-2-4-7-21/h5,8-17,21,25H,2-4,6-7,18H2,1H3,(H,29,33)(H,30,34)/t25-/m0/s1. The minimum atomic E-state index is -0.895. The predicted molar refractivity (Wildman–Crippen MR) is 137 cm³/mol. The number of aromatic nitrogens is 1. The van der Waals surface area contributed by atoms with Crippen molar-refractivity contribution in [3.63, 3.8) is 0 Å². The first-order chi connectivity index (χ1) is 17.0. The summed E-state index contributed by atoms with van der Waals surface area (Å²) < 4.78 is 0. The Balaban J connectivity index is 1.65. The molecule has 1 atom stereocenters. The molecule has 1 saturated carbocycles. The van der Waals surface area contributed by atoms with Crippen LogP contribution in [0.5, 0.6) is 0 Å². The van der Waals surface area contributed by atoms with Gasteiger partial charge in [-0.15, -0.1) is 11.3 Å². The van der Waals surface area contributed by atoms with Gasteiger partial charge in [0.25, 0.3) is 5.91 Å². The van der Waals surface area contributed by atoms with E-state index in [1.807, 2.05) is 36.6 Å². The zero-order chi connectivity index (χ0) is 24.6. The van der Waals surface area contributed by atoms with Gasteiger partial charge >= 0.3 is 0 Å². The third-order valence-corrected chi connectivity index (χ3v) is 7.07. The van der Waals surface area contributed by atoms with E-state index in [1.165, 1.54) is 22.7 Å². The van der Waals surface area contributed by atoms with E-state index < -0.39 is 6.04 Å². The van der Waals surface area contributed by atoms with Crippen LogP contribution < -0.4 is 15.5 Å². The number of nitrogens with zero attached hydrogens (tertiary/aromatic N) is 2. The molecular weight excluding hydrogens is 460 g/mol. The summed E-state index contributed by atoms with van der Waals surface area (Å²) in [6.07, 6.45) is 8.45. The van der Waals surface area contributed by atoms with Gasteiger partial charge < -0.3 is 10.6 Å². The molecule has 3 amide bonds. The van der Waals surface area contributed by atoms with Crippen LogP contribution >= 0.6 is 11.3 Å². The highest BCUT2D eigenvalue weighted by molar-refractivity contribution is 7.12. The van der Waals surface area contributed by atoms with Gasteiger partial charge in [-0.3, -0.25) is 24.3 Å². The van der Waals surface area contributed by atoms with Crippen molar-refractivity contribution in [1.29, 1.82) is 0 Å². The molecule has 0 saturated heterocycles. The Morgan fingerprint density at radius 3 is 2.40 bits per heavy atom. The second-order valence-corrected chi connectivity index (χ2v) is 9.73. The number of thiophene rings is 1. The van der Waals surface area contributed by atoms with E-state index in [-0.39, 0.29) is 30.3 Å². The minimum Gasteiger partial charge on any atom is -0.351 e. The topological polar surface area (TPSA) is 91.4 Å². The van der Waals surface area contributed by atoms with Crippen LogP contribution in [0.3, 0.4) is 0 Å². The van der Waals surface area contributed by atoms with Crippen molar-refractivity contribution in [2.45, 2.75) is 51.1 Å². The van der Waals surface area contributed by atoms with Crippen molar-refractivity contribution < 1.29 is 14.4 Å². The Kier molecular flexibility index (Phi) is 8.26. The zero-order valence-electron chi connectivity index (χ0n) is 19.8. The van der Waals surface area contributed by atoms with E-state index in [4.69, 9.17) is 0 Å². The number of carbonyl (C=O) groups is 3. The molecule has 2 heterocycles. The SMILES string of the molecule is Cc1ccc(N(C(=O)CNC(=O)c2cccs2)[C@H](C(=O)NC2CCCCC2)c2ccncc2)cc1. The molecule has 0 aliphatic heterocycles. The van der Waals surface area contributed by atoms with Crippen molar-refractivity contribution in [2.24, 2.45) is 0 Å². The predicted octanol–water partition coefficient (Wildman–Crippen LogP) is 4.40. The second kappa shape index (κ2) is 11.8. The molecule has 0 spiro atoms. The maximum absolute atomic E-state index is 13.7. The number of nitrogens with one attached hydrogen (secondary N) is 2. The van der Waals surface area contributed by atoms with E-state index in [0.29, 0.717) is 16.1 Å². The van der Waals surface area contributed by atoms with Gasteiger partial charge in [-0.25, -0.2) is 0 Å². The molecule has 1 aliphatic rings. The number of carbonyl (C=O) groups excluding carboxylic acids is 3. The van der Waals surface area contributed by atoms with Crippen molar-refractivity contribution in [1.82, 2.24) is 15.6 Å². The quantitative estimate of drug-likeness (QED) is 0.490. The highest BCUT2D eigenvalue weighted by atomic mass is 32.1. The molecule has 1 aliphatic carbocycles. The van der Waals surface area contributed by atoms with Crippen LogP contribution in [0.2, 0.25) is 0 Å². The molecule has 182 valence electrons. The molecule has 7 nitrogen and oxygen atoms in total. The van der Waals surface area contributed by atoms with E-state index in [2.05, 4.69) is 15.6 Å². The fourth-order valence-electron chi connectivity index (χ4n) is 4.37. The molecule has 3 aromatic rings. The third-order valence-electron chi connectivity index (χ3n) is 6.21. The molecule has 8 heteroatoms. The monoisotopic (exact) mass is 490 g/mol. The lowest BCUT2D eigenvalue weighted by atomic mass is 9.94. The van der Waals surface area contributed by atoms with Gasteiger partial charge in [-0.1, -0.05) is 43.0 Å². The number of amides is 3. The van der Waals surface area contributed by atoms with Gasteiger partial charge in [-0.2, -0.15) is 0 Å². The molecular formula is C27H30N4O3S. The maximum atomic E-state index is 13.7. The summed E-state index contributed by atoms with van der Waals surface area (Å²) in [5.41, 5.74) is 2.29. The lowest BCUT2D eigenvalue weighted by Gasteiger charge is -2.33. The van der Waals surface area contributed by atoms with Crippen molar-refractivity contribution in [3.8, 4) is 0 Å². The van der Waals surface area contributed by atoms with E-state index in [9.17, 15) is 14.4 Å². The summed E-state index contributed by atoms with van der Waals surface area (Å²) in [7, 11) is 0. The number of rotatable bonds is 8. The Hall–Kier alpha value is -3.52. The lowest BCUT2D eigenvalue weighted by Crippen LogP contribution is -2.49.